The fraction of sp³-hybridized carbons (Fsp3) is 0.0690. The summed E-state index contributed by atoms with van der Waals surface area (Å²) in [4.78, 5) is 35.5. The van der Waals surface area contributed by atoms with Crippen LogP contribution in [0.25, 0.3) is 16.8 Å². The molecule has 4 rings (SSSR count). The van der Waals surface area contributed by atoms with Gasteiger partial charge in [0.05, 0.1) is 4.90 Å². The highest BCUT2D eigenvalue weighted by molar-refractivity contribution is 7.93. The SMILES string of the molecule is CC(=O)Oc1ccc(/C=C/C(=O)Nc2cccc3c(S(=O)(=O)Nc4ccc(F)cc4)cccc23)cc1OC(C)=O. The van der Waals surface area contributed by atoms with Crippen molar-refractivity contribution in [2.24, 2.45) is 0 Å². The van der Waals surface area contributed by atoms with E-state index in [0.29, 0.717) is 22.0 Å². The van der Waals surface area contributed by atoms with Crippen LogP contribution < -0.4 is 19.5 Å². The van der Waals surface area contributed by atoms with E-state index in [2.05, 4.69) is 10.0 Å². The van der Waals surface area contributed by atoms with E-state index in [1.807, 2.05) is 0 Å². The summed E-state index contributed by atoms with van der Waals surface area (Å²) in [7, 11) is -4.03. The molecule has 2 N–H and O–H groups in total. The molecule has 0 aromatic heterocycles. The minimum Gasteiger partial charge on any atom is -0.423 e. The zero-order chi connectivity index (χ0) is 28.9. The van der Waals surface area contributed by atoms with Crippen molar-refractivity contribution in [1.82, 2.24) is 0 Å². The van der Waals surface area contributed by atoms with E-state index in [4.69, 9.17) is 9.47 Å². The monoisotopic (exact) mass is 562 g/mol. The Labute approximate surface area is 229 Å². The topological polar surface area (TPSA) is 128 Å². The van der Waals surface area contributed by atoms with Gasteiger partial charge in [-0.05, 0) is 60.2 Å². The lowest BCUT2D eigenvalue weighted by Gasteiger charge is -2.13. The van der Waals surface area contributed by atoms with Crippen molar-refractivity contribution < 1.29 is 36.7 Å². The second kappa shape index (κ2) is 11.8. The first-order chi connectivity index (χ1) is 19.0. The molecule has 0 atom stereocenters. The fourth-order valence-electron chi connectivity index (χ4n) is 3.80. The number of sulfonamides is 1. The van der Waals surface area contributed by atoms with Crippen molar-refractivity contribution in [2.75, 3.05) is 10.0 Å². The van der Waals surface area contributed by atoms with Gasteiger partial charge in [0.25, 0.3) is 10.0 Å². The Morgan fingerprint density at radius 2 is 1.45 bits per heavy atom. The Balaban J connectivity index is 1.57. The van der Waals surface area contributed by atoms with Gasteiger partial charge in [-0.15, -0.1) is 0 Å². The van der Waals surface area contributed by atoms with Gasteiger partial charge in [0, 0.05) is 42.1 Å². The molecule has 204 valence electrons. The van der Waals surface area contributed by atoms with Crippen molar-refractivity contribution in [1.29, 1.82) is 0 Å². The van der Waals surface area contributed by atoms with Gasteiger partial charge < -0.3 is 14.8 Å². The van der Waals surface area contributed by atoms with Crippen LogP contribution in [-0.2, 0) is 24.4 Å². The highest BCUT2D eigenvalue weighted by Gasteiger charge is 2.19. The third-order valence-corrected chi connectivity index (χ3v) is 6.87. The number of carbonyl (C=O) groups excluding carboxylic acids is 3. The number of ether oxygens (including phenoxy) is 2. The van der Waals surface area contributed by atoms with Crippen molar-refractivity contribution in [3.8, 4) is 11.5 Å². The van der Waals surface area contributed by atoms with Gasteiger partial charge in [0.1, 0.15) is 5.82 Å². The van der Waals surface area contributed by atoms with Gasteiger partial charge in [-0.2, -0.15) is 0 Å². The fourth-order valence-corrected chi connectivity index (χ4v) is 5.08. The molecular formula is C29H23FN2O7S. The van der Waals surface area contributed by atoms with Gasteiger partial charge in [0.2, 0.25) is 5.91 Å². The van der Waals surface area contributed by atoms with E-state index in [-0.39, 0.29) is 22.1 Å². The number of hydrogen-bond acceptors (Lipinski definition) is 7. The molecular weight excluding hydrogens is 539 g/mol. The minimum absolute atomic E-state index is 0.0160. The van der Waals surface area contributed by atoms with E-state index < -0.39 is 33.7 Å². The van der Waals surface area contributed by atoms with Crippen LogP contribution in [0.15, 0.2) is 89.8 Å². The predicted molar refractivity (Wildman–Crippen MR) is 148 cm³/mol. The van der Waals surface area contributed by atoms with E-state index in [0.717, 1.165) is 12.1 Å². The summed E-state index contributed by atoms with van der Waals surface area (Å²) in [5.74, 6) is -2.14. The summed E-state index contributed by atoms with van der Waals surface area (Å²) in [6.45, 7) is 2.41. The molecule has 11 heteroatoms. The lowest BCUT2D eigenvalue weighted by Crippen LogP contribution is -2.14. The molecule has 0 unspecified atom stereocenters. The summed E-state index contributed by atoms with van der Waals surface area (Å²) < 4.78 is 52.0. The molecule has 4 aromatic rings. The maximum absolute atomic E-state index is 13.2. The van der Waals surface area contributed by atoms with Crippen molar-refractivity contribution in [3.63, 3.8) is 0 Å². The van der Waals surface area contributed by atoms with Gasteiger partial charge in [0.15, 0.2) is 11.5 Å². The molecule has 9 nitrogen and oxygen atoms in total. The number of anilines is 2. The summed E-state index contributed by atoms with van der Waals surface area (Å²) in [6.07, 6.45) is 2.71. The van der Waals surface area contributed by atoms with Crippen LogP contribution in [0.3, 0.4) is 0 Å². The Kier molecular flexibility index (Phi) is 8.25. The molecule has 0 saturated heterocycles. The summed E-state index contributed by atoms with van der Waals surface area (Å²) in [5, 5.41) is 3.58. The maximum Gasteiger partial charge on any atom is 0.308 e. The van der Waals surface area contributed by atoms with Gasteiger partial charge >= 0.3 is 11.9 Å². The molecule has 0 radical (unpaired) electrons. The standard InChI is InChI=1S/C29H23FN2O7S/c1-18(33)38-26-15-9-20(17-27(26)39-19(2)34)10-16-29(35)31-25-7-3-6-24-23(25)5-4-8-28(24)40(36,37)32-22-13-11-21(30)12-14-22/h3-17,32H,1-2H3,(H,31,35)/b16-10+. The highest BCUT2D eigenvalue weighted by atomic mass is 32.2. The Hall–Kier alpha value is -5.03. The Morgan fingerprint density at radius 3 is 2.15 bits per heavy atom. The van der Waals surface area contributed by atoms with Crippen LogP contribution in [0.1, 0.15) is 19.4 Å². The Bertz CT molecular complexity index is 1750. The van der Waals surface area contributed by atoms with Crippen molar-refractivity contribution in [3.05, 3.63) is 96.3 Å². The zero-order valence-corrected chi connectivity index (χ0v) is 22.1. The lowest BCUT2D eigenvalue weighted by atomic mass is 10.1. The number of nitrogens with one attached hydrogen (secondary N) is 2. The van der Waals surface area contributed by atoms with Crippen molar-refractivity contribution >= 4 is 56.1 Å². The molecule has 1 amide bonds. The molecule has 0 saturated carbocycles. The maximum atomic E-state index is 13.2. The van der Waals surface area contributed by atoms with Gasteiger partial charge in [-0.25, -0.2) is 12.8 Å². The lowest BCUT2D eigenvalue weighted by molar-refractivity contribution is -0.134. The first-order valence-electron chi connectivity index (χ1n) is 11.8. The van der Waals surface area contributed by atoms with Crippen LogP contribution in [0.4, 0.5) is 15.8 Å². The average molecular weight is 563 g/mol. The molecule has 0 bridgehead atoms. The molecule has 0 fully saturated rings. The number of rotatable bonds is 8. The zero-order valence-electron chi connectivity index (χ0n) is 21.3. The predicted octanol–water partition coefficient (Wildman–Crippen LogP) is 5.28. The number of carbonyl (C=O) groups is 3. The molecule has 4 aromatic carbocycles. The highest BCUT2D eigenvalue weighted by Crippen LogP contribution is 2.31. The first-order valence-corrected chi connectivity index (χ1v) is 13.3. The number of hydrogen-bond donors (Lipinski definition) is 2. The first kappa shape index (κ1) is 28.0. The second-order valence-corrected chi connectivity index (χ2v) is 10.1. The smallest absolute Gasteiger partial charge is 0.308 e. The summed E-state index contributed by atoms with van der Waals surface area (Å²) in [5.41, 5.74) is 1.06. The summed E-state index contributed by atoms with van der Waals surface area (Å²) >= 11 is 0. The molecule has 0 aliphatic heterocycles. The van der Waals surface area contributed by atoms with Crippen LogP contribution in [0, 0.1) is 5.82 Å². The van der Waals surface area contributed by atoms with Gasteiger partial charge in [-0.1, -0.05) is 30.3 Å². The number of esters is 2. The quantitative estimate of drug-likeness (QED) is 0.170. The normalized spacial score (nSPS) is 11.3. The molecule has 0 aliphatic rings. The molecule has 40 heavy (non-hydrogen) atoms. The number of amides is 1. The van der Waals surface area contributed by atoms with Crippen LogP contribution in [-0.4, -0.2) is 26.3 Å². The Morgan fingerprint density at radius 1 is 0.800 bits per heavy atom. The summed E-state index contributed by atoms with van der Waals surface area (Å²) in [6, 6.07) is 18.9. The van der Waals surface area contributed by atoms with E-state index in [1.54, 1.807) is 36.4 Å². The van der Waals surface area contributed by atoms with E-state index in [1.165, 1.54) is 56.3 Å². The number of halogens is 1. The number of fused-ring (bicyclic) bond motifs is 1. The van der Waals surface area contributed by atoms with Crippen LogP contribution in [0.5, 0.6) is 11.5 Å². The van der Waals surface area contributed by atoms with Crippen LogP contribution >= 0.6 is 0 Å². The van der Waals surface area contributed by atoms with E-state index >= 15 is 0 Å². The molecule has 0 heterocycles. The van der Waals surface area contributed by atoms with Crippen LogP contribution in [0.2, 0.25) is 0 Å². The average Bonchev–Trinajstić information content (AvgIpc) is 2.89. The molecule has 0 spiro atoms. The second-order valence-electron chi connectivity index (χ2n) is 8.49. The third-order valence-electron chi connectivity index (χ3n) is 5.43. The minimum atomic E-state index is -4.03. The van der Waals surface area contributed by atoms with Gasteiger partial charge in [-0.3, -0.25) is 19.1 Å². The largest absolute Gasteiger partial charge is 0.423 e. The van der Waals surface area contributed by atoms with E-state index in [9.17, 15) is 27.2 Å². The van der Waals surface area contributed by atoms with Crippen molar-refractivity contribution in [2.45, 2.75) is 18.7 Å². The third kappa shape index (κ3) is 6.88. The number of benzene rings is 4. The molecule has 0 aliphatic carbocycles.